The number of nitrogens with zero attached hydrogens (tertiary/aromatic N) is 3. The first kappa shape index (κ1) is 14.1. The fourth-order valence-electron chi connectivity index (χ4n) is 2.60. The second kappa shape index (κ2) is 6.21. The third kappa shape index (κ3) is 2.97. The van der Waals surface area contributed by atoms with Crippen molar-refractivity contribution in [2.75, 3.05) is 13.1 Å². The van der Waals surface area contributed by atoms with E-state index in [1.165, 1.54) is 0 Å². The van der Waals surface area contributed by atoms with Crippen LogP contribution in [0.5, 0.6) is 0 Å². The molecule has 4 nitrogen and oxygen atoms in total. The standard InChI is InChI=1S/C16H17N3O/c1-12(18-2)16(20)19-9-3-4-15(11-19)14-7-5-13(10-17)6-8-14/h5-8,12,15H,3-4,9,11H2,1H3. The average molecular weight is 267 g/mol. The first-order valence-corrected chi connectivity index (χ1v) is 6.81. The van der Waals surface area contributed by atoms with Crippen LogP contribution in [0.3, 0.4) is 0 Å². The van der Waals surface area contributed by atoms with Crippen LogP contribution in [-0.4, -0.2) is 29.9 Å². The minimum absolute atomic E-state index is 0.0710. The van der Waals surface area contributed by atoms with Crippen LogP contribution in [-0.2, 0) is 4.79 Å². The molecule has 2 unspecified atom stereocenters. The molecule has 0 aromatic heterocycles. The Morgan fingerprint density at radius 3 is 2.80 bits per heavy atom. The van der Waals surface area contributed by atoms with E-state index < -0.39 is 6.04 Å². The van der Waals surface area contributed by atoms with Gasteiger partial charge in [0.1, 0.15) is 0 Å². The zero-order valence-corrected chi connectivity index (χ0v) is 11.5. The molecule has 1 aromatic rings. The number of piperidine rings is 1. The molecule has 1 aliphatic rings. The van der Waals surface area contributed by atoms with Gasteiger partial charge < -0.3 is 9.74 Å². The van der Waals surface area contributed by atoms with Crippen LogP contribution >= 0.6 is 0 Å². The number of benzene rings is 1. The molecule has 0 bridgehead atoms. The number of rotatable bonds is 2. The molecule has 0 aliphatic carbocycles. The fourth-order valence-corrected chi connectivity index (χ4v) is 2.60. The smallest absolute Gasteiger partial charge is 0.305 e. The van der Waals surface area contributed by atoms with Gasteiger partial charge in [0.05, 0.1) is 11.6 Å². The molecule has 1 heterocycles. The minimum atomic E-state index is -0.588. The Morgan fingerprint density at radius 1 is 1.50 bits per heavy atom. The van der Waals surface area contributed by atoms with Crippen molar-refractivity contribution < 1.29 is 4.79 Å². The van der Waals surface area contributed by atoms with E-state index in [9.17, 15) is 4.79 Å². The van der Waals surface area contributed by atoms with E-state index >= 15 is 0 Å². The molecule has 20 heavy (non-hydrogen) atoms. The summed E-state index contributed by atoms with van der Waals surface area (Å²) in [6.45, 7) is 10.0. The van der Waals surface area contributed by atoms with Crippen LogP contribution in [0.1, 0.15) is 36.8 Å². The summed E-state index contributed by atoms with van der Waals surface area (Å²) < 4.78 is 0. The normalized spacial score (nSPS) is 19.8. The first-order chi connectivity index (χ1) is 9.65. The predicted molar refractivity (Wildman–Crippen MR) is 75.8 cm³/mol. The quantitative estimate of drug-likeness (QED) is 0.773. The number of likely N-dealkylation sites (tertiary alicyclic amines) is 1. The van der Waals surface area contributed by atoms with E-state index in [1.807, 2.05) is 24.3 Å². The number of hydrogen-bond acceptors (Lipinski definition) is 2. The molecule has 4 heteroatoms. The third-order valence-electron chi connectivity index (χ3n) is 3.80. The van der Waals surface area contributed by atoms with Crippen molar-refractivity contribution in [3.8, 4) is 6.07 Å². The van der Waals surface area contributed by atoms with Crippen LogP contribution in [0.25, 0.3) is 4.85 Å². The molecule has 2 atom stereocenters. The summed E-state index contributed by atoms with van der Waals surface area (Å²) in [7, 11) is 0. The highest BCUT2D eigenvalue weighted by Crippen LogP contribution is 2.27. The van der Waals surface area contributed by atoms with Crippen molar-refractivity contribution in [3.05, 3.63) is 46.8 Å². The molecule has 1 saturated heterocycles. The Morgan fingerprint density at radius 2 is 2.20 bits per heavy atom. The molecular formula is C16H17N3O. The summed E-state index contributed by atoms with van der Waals surface area (Å²) in [6, 6.07) is 9.09. The number of carbonyl (C=O) groups excluding carboxylic acids is 1. The van der Waals surface area contributed by atoms with Crippen LogP contribution in [0.2, 0.25) is 0 Å². The number of hydrogen-bond donors (Lipinski definition) is 0. The number of carbonyl (C=O) groups is 1. The lowest BCUT2D eigenvalue weighted by Gasteiger charge is -2.32. The SMILES string of the molecule is [C-]#[N+]C(C)C(=O)N1CCCC(c2ccc(C#N)cc2)C1. The maximum atomic E-state index is 12.1. The molecule has 1 amide bonds. The van der Waals surface area contributed by atoms with Gasteiger partial charge in [-0.15, -0.1) is 0 Å². The highest BCUT2D eigenvalue weighted by Gasteiger charge is 2.29. The second-order valence-corrected chi connectivity index (χ2v) is 5.16. The number of nitriles is 1. The van der Waals surface area contributed by atoms with E-state index in [2.05, 4.69) is 10.9 Å². The Hall–Kier alpha value is -2.33. The molecule has 0 N–H and O–H groups in total. The fraction of sp³-hybridized carbons (Fsp3) is 0.438. The van der Waals surface area contributed by atoms with Gasteiger partial charge >= 0.3 is 5.91 Å². The van der Waals surface area contributed by atoms with Gasteiger partial charge in [0.25, 0.3) is 6.04 Å². The average Bonchev–Trinajstić information content (AvgIpc) is 2.53. The highest BCUT2D eigenvalue weighted by molar-refractivity contribution is 5.83. The van der Waals surface area contributed by atoms with E-state index in [4.69, 9.17) is 11.8 Å². The maximum absolute atomic E-state index is 12.1. The lowest BCUT2D eigenvalue weighted by atomic mass is 9.90. The van der Waals surface area contributed by atoms with Gasteiger partial charge in [0.15, 0.2) is 0 Å². The van der Waals surface area contributed by atoms with Crippen molar-refractivity contribution in [3.63, 3.8) is 0 Å². The molecule has 1 aliphatic heterocycles. The zero-order valence-electron chi connectivity index (χ0n) is 11.5. The summed E-state index contributed by atoms with van der Waals surface area (Å²) in [4.78, 5) is 17.2. The monoisotopic (exact) mass is 267 g/mol. The molecule has 0 spiro atoms. The minimum Gasteiger partial charge on any atom is -0.335 e. The Balaban J connectivity index is 2.08. The molecule has 0 saturated carbocycles. The van der Waals surface area contributed by atoms with Gasteiger partial charge in [0.2, 0.25) is 0 Å². The lowest BCUT2D eigenvalue weighted by Crippen LogP contribution is -2.42. The Kier molecular flexibility index (Phi) is 4.38. The Labute approximate surface area is 119 Å². The van der Waals surface area contributed by atoms with Gasteiger partial charge in [-0.2, -0.15) is 5.26 Å². The zero-order chi connectivity index (χ0) is 14.5. The molecule has 0 radical (unpaired) electrons. The van der Waals surface area contributed by atoms with E-state index in [1.54, 1.807) is 11.8 Å². The van der Waals surface area contributed by atoms with Gasteiger partial charge in [0, 0.05) is 25.9 Å². The lowest BCUT2D eigenvalue weighted by molar-refractivity contribution is -0.132. The third-order valence-corrected chi connectivity index (χ3v) is 3.80. The second-order valence-electron chi connectivity index (χ2n) is 5.16. The summed E-state index contributed by atoms with van der Waals surface area (Å²) in [5.41, 5.74) is 1.82. The topological polar surface area (TPSA) is 48.5 Å². The predicted octanol–water partition coefficient (Wildman–Crippen LogP) is 2.57. The molecular weight excluding hydrogens is 250 g/mol. The van der Waals surface area contributed by atoms with Crippen molar-refractivity contribution >= 4 is 5.91 Å². The summed E-state index contributed by atoms with van der Waals surface area (Å²) in [6.07, 6.45) is 2.00. The maximum Gasteiger partial charge on any atom is 0.305 e. The summed E-state index contributed by atoms with van der Waals surface area (Å²) >= 11 is 0. The largest absolute Gasteiger partial charge is 0.335 e. The molecule has 1 aromatic carbocycles. The van der Waals surface area contributed by atoms with Gasteiger partial charge in [-0.05, 0) is 30.5 Å². The van der Waals surface area contributed by atoms with Gasteiger partial charge in [-0.1, -0.05) is 12.1 Å². The van der Waals surface area contributed by atoms with E-state index in [0.29, 0.717) is 18.0 Å². The van der Waals surface area contributed by atoms with Crippen LogP contribution < -0.4 is 0 Å². The van der Waals surface area contributed by atoms with Crippen molar-refractivity contribution in [2.24, 2.45) is 0 Å². The van der Waals surface area contributed by atoms with Crippen molar-refractivity contribution in [2.45, 2.75) is 31.7 Å². The summed E-state index contributed by atoms with van der Waals surface area (Å²) in [5, 5.41) is 8.81. The Bertz CT molecular complexity index is 565. The molecule has 2 rings (SSSR count). The van der Waals surface area contributed by atoms with Crippen LogP contribution in [0.15, 0.2) is 24.3 Å². The molecule has 102 valence electrons. The van der Waals surface area contributed by atoms with Crippen molar-refractivity contribution in [1.29, 1.82) is 5.26 Å². The van der Waals surface area contributed by atoms with E-state index in [-0.39, 0.29) is 5.91 Å². The van der Waals surface area contributed by atoms with Gasteiger partial charge in [-0.25, -0.2) is 6.57 Å². The van der Waals surface area contributed by atoms with Crippen LogP contribution in [0, 0.1) is 17.9 Å². The van der Waals surface area contributed by atoms with Gasteiger partial charge in [-0.3, -0.25) is 4.79 Å². The summed E-state index contributed by atoms with van der Waals surface area (Å²) in [5.74, 6) is 0.233. The van der Waals surface area contributed by atoms with Crippen LogP contribution in [0.4, 0.5) is 0 Å². The van der Waals surface area contributed by atoms with Crippen molar-refractivity contribution in [1.82, 2.24) is 4.90 Å². The molecule has 1 fully saturated rings. The van der Waals surface area contributed by atoms with E-state index in [0.717, 1.165) is 24.9 Å². The number of amides is 1. The first-order valence-electron chi connectivity index (χ1n) is 6.81. The highest BCUT2D eigenvalue weighted by atomic mass is 16.2.